The number of rotatable bonds is 8. The molecule has 0 amide bonds. The van der Waals surface area contributed by atoms with Crippen LogP contribution in [0.25, 0.3) is 66.8 Å². The number of nitrogens with two attached hydrogens (primary N) is 1. The zero-order chi connectivity index (χ0) is 69.6. The third kappa shape index (κ3) is 10.9. The lowest BCUT2D eigenvalue weighted by molar-refractivity contribution is 0.590. The van der Waals surface area contributed by atoms with Gasteiger partial charge in [-0.25, -0.2) is 0 Å². The largest absolute Gasteiger partial charge is 0.399 e. The van der Waals surface area contributed by atoms with Crippen molar-refractivity contribution in [1.29, 1.82) is 0 Å². The number of anilines is 7. The van der Waals surface area contributed by atoms with Gasteiger partial charge in [0.05, 0.1) is 34.1 Å². The maximum absolute atomic E-state index is 7.40. The Morgan fingerprint density at radius 1 is 0.277 bits per heavy atom. The maximum Gasteiger partial charge on any atom is 0.0618 e. The lowest BCUT2D eigenvalue weighted by Gasteiger charge is -2.47. The minimum absolute atomic E-state index is 0.0373. The summed E-state index contributed by atoms with van der Waals surface area (Å²) in [6.07, 6.45) is 1.79. The number of hydrogen-bond donors (Lipinski definition) is 1. The van der Waals surface area contributed by atoms with Gasteiger partial charge in [-0.3, -0.25) is 0 Å². The van der Waals surface area contributed by atoms with E-state index < -0.39 is 0 Å². The summed E-state index contributed by atoms with van der Waals surface area (Å²) in [6.45, 7) is 27.7. The first-order valence-corrected chi connectivity index (χ1v) is 36.4. The van der Waals surface area contributed by atoms with E-state index in [4.69, 9.17) is 5.73 Å². The third-order valence-corrected chi connectivity index (χ3v) is 22.5. The smallest absolute Gasteiger partial charge is 0.0618 e. The van der Waals surface area contributed by atoms with Crippen molar-refractivity contribution in [3.63, 3.8) is 0 Å². The highest BCUT2D eigenvalue weighted by atomic mass is 15.2. The van der Waals surface area contributed by atoms with E-state index in [2.05, 4.69) is 366 Å². The average molecular weight is 1310 g/mol. The minimum Gasteiger partial charge on any atom is -0.399 e. The molecule has 496 valence electrons. The van der Waals surface area contributed by atoms with E-state index in [0.717, 1.165) is 91.5 Å². The van der Waals surface area contributed by atoms with Gasteiger partial charge in [-0.2, -0.15) is 0 Å². The Morgan fingerprint density at radius 3 is 1.12 bits per heavy atom. The van der Waals surface area contributed by atoms with Crippen LogP contribution in [0.3, 0.4) is 0 Å². The summed E-state index contributed by atoms with van der Waals surface area (Å²) < 4.78 is 0. The van der Waals surface area contributed by atoms with Gasteiger partial charge >= 0.3 is 0 Å². The first-order chi connectivity index (χ1) is 48.5. The van der Waals surface area contributed by atoms with Gasteiger partial charge in [0.1, 0.15) is 0 Å². The monoisotopic (exact) mass is 1310 g/mol. The van der Waals surface area contributed by atoms with Crippen LogP contribution in [0.1, 0.15) is 173 Å². The predicted molar refractivity (Wildman–Crippen MR) is 428 cm³/mol. The predicted octanol–water partition coefficient (Wildman–Crippen LogP) is 26.2. The number of nitrogen functional groups attached to an aromatic ring is 1. The van der Waals surface area contributed by atoms with Crippen molar-refractivity contribution < 1.29 is 0 Å². The molecule has 13 aromatic carbocycles. The molecule has 0 aromatic heterocycles. The molecule has 2 aliphatic heterocycles. The molecular weight excluding hydrogens is 1220 g/mol. The molecule has 2 aliphatic carbocycles. The molecule has 101 heavy (non-hydrogen) atoms. The van der Waals surface area contributed by atoms with E-state index >= 15 is 0 Å². The molecule has 0 saturated carbocycles. The third-order valence-electron chi connectivity index (χ3n) is 22.5. The number of fused-ring (bicyclic) bond motifs is 9. The van der Waals surface area contributed by atoms with Gasteiger partial charge in [0.2, 0.25) is 0 Å². The fraction of sp³-hybridized carbons (Fsp3) is 0.204. The SMILES string of the molecule is CC(C)(C)c1ccc(-c2cccc(-c3ccc(C(C)(C)C)cc3)c2N2c3ccc(-c4cccc5c4-c4ccccc4C5)cc3C3c4ccc(N)cc4N(c4c(-c5ccc(C(C)(C)C)cc5)cccc4-c4ccc(C(C)(C)C)cc4)c4cc(C5c6ccccc6Cc6ccccc65)cc2c43)cc1. The highest BCUT2D eigenvalue weighted by Crippen LogP contribution is 2.65. The fourth-order valence-corrected chi connectivity index (χ4v) is 17.1. The van der Waals surface area contributed by atoms with E-state index in [0.29, 0.717) is 5.69 Å². The zero-order valence-electron chi connectivity index (χ0n) is 60.5. The number of nitrogens with zero attached hydrogens (tertiary/aromatic N) is 2. The second-order valence-corrected chi connectivity index (χ2v) is 33.1. The number of hydrogen-bond acceptors (Lipinski definition) is 3. The van der Waals surface area contributed by atoms with Crippen LogP contribution in [-0.4, -0.2) is 0 Å². The second kappa shape index (κ2) is 23.7. The standard InChI is InChI=1S/C98H89N3/c1-95(2,3)70-43-34-60(35-44-70)79-30-20-31-80(61-36-45-71(46-37-61)96(4,5)6)93(79)100-85-53-42-67(78-29-19-25-68-55-66-24-15-16-26-75(66)89(68)78)56-84(85)91-83-52-51-74(99)59-86(83)101(88-58-69(57-87(100)92(88)91)90-76-27-17-13-22-64(76)54-65-23-14-18-28-77(65)90)94-81(62-38-47-72(48-39-62)97(7,8)9)32-21-33-82(94)63-40-49-73(50-41-63)98(10,11)12/h13-53,56-59,90-91H,54-55,99H2,1-12H3. The second-order valence-electron chi connectivity index (χ2n) is 33.1. The minimum atomic E-state index is -0.248. The first-order valence-electron chi connectivity index (χ1n) is 36.4. The Morgan fingerprint density at radius 2 is 0.653 bits per heavy atom. The molecule has 0 spiro atoms. The van der Waals surface area contributed by atoms with E-state index in [-0.39, 0.29) is 33.5 Å². The maximum atomic E-state index is 7.40. The molecule has 0 bridgehead atoms. The summed E-state index contributed by atoms with van der Waals surface area (Å²) in [7, 11) is 0. The quantitative estimate of drug-likeness (QED) is 0.154. The van der Waals surface area contributed by atoms with Crippen LogP contribution >= 0.6 is 0 Å². The Hall–Kier alpha value is -10.7. The lowest BCUT2D eigenvalue weighted by atomic mass is 9.71. The summed E-state index contributed by atoms with van der Waals surface area (Å²) in [6, 6.07) is 106. The van der Waals surface area contributed by atoms with Gasteiger partial charge in [0, 0.05) is 45.3 Å². The van der Waals surface area contributed by atoms with Crippen molar-refractivity contribution in [2.24, 2.45) is 0 Å². The highest BCUT2D eigenvalue weighted by Gasteiger charge is 2.45. The van der Waals surface area contributed by atoms with E-state index in [1.165, 1.54) is 100 Å². The molecule has 2 heterocycles. The summed E-state index contributed by atoms with van der Waals surface area (Å²) >= 11 is 0. The van der Waals surface area contributed by atoms with Gasteiger partial charge in [0.15, 0.2) is 0 Å². The van der Waals surface area contributed by atoms with Gasteiger partial charge in [-0.05, 0) is 188 Å². The van der Waals surface area contributed by atoms with E-state index in [9.17, 15) is 0 Å². The van der Waals surface area contributed by atoms with E-state index in [1.54, 1.807) is 0 Å². The lowest BCUT2D eigenvalue weighted by Crippen LogP contribution is -2.31. The van der Waals surface area contributed by atoms with Crippen LogP contribution in [0, 0.1) is 0 Å². The average Bonchev–Trinajstić information content (AvgIpc) is 1.02. The summed E-state index contributed by atoms with van der Waals surface area (Å²) in [4.78, 5) is 5.40. The molecular formula is C98H89N3. The van der Waals surface area contributed by atoms with Crippen molar-refractivity contribution in [3.05, 3.63) is 351 Å². The normalized spacial score (nSPS) is 14.5. The summed E-state index contributed by atoms with van der Waals surface area (Å²) in [5.74, 6) is -0.356. The Bertz CT molecular complexity index is 5250. The molecule has 0 saturated heterocycles. The molecule has 0 fully saturated rings. The van der Waals surface area contributed by atoms with Gasteiger partial charge in [-0.15, -0.1) is 0 Å². The molecule has 3 heteroatoms. The molecule has 1 unspecified atom stereocenters. The molecule has 2 N–H and O–H groups in total. The van der Waals surface area contributed by atoms with Crippen molar-refractivity contribution in [1.82, 2.24) is 0 Å². The fourth-order valence-electron chi connectivity index (χ4n) is 17.1. The van der Waals surface area contributed by atoms with Gasteiger partial charge in [0.25, 0.3) is 0 Å². The van der Waals surface area contributed by atoms with Crippen LogP contribution in [0.5, 0.6) is 0 Å². The topological polar surface area (TPSA) is 32.5 Å². The van der Waals surface area contributed by atoms with E-state index in [1.807, 2.05) is 0 Å². The van der Waals surface area contributed by atoms with Crippen molar-refractivity contribution in [2.45, 2.75) is 129 Å². The molecule has 3 nitrogen and oxygen atoms in total. The van der Waals surface area contributed by atoms with Crippen molar-refractivity contribution in [3.8, 4) is 66.8 Å². The van der Waals surface area contributed by atoms with Crippen molar-refractivity contribution in [2.75, 3.05) is 15.5 Å². The van der Waals surface area contributed by atoms with Crippen LogP contribution in [0.4, 0.5) is 39.8 Å². The highest BCUT2D eigenvalue weighted by molar-refractivity contribution is 6.07. The van der Waals surface area contributed by atoms with Crippen LogP contribution in [0.15, 0.2) is 273 Å². The van der Waals surface area contributed by atoms with Gasteiger partial charge in [-0.1, -0.05) is 320 Å². The zero-order valence-corrected chi connectivity index (χ0v) is 60.5. The Kier molecular flexibility index (Phi) is 14.9. The van der Waals surface area contributed by atoms with Crippen LogP contribution < -0.4 is 15.5 Å². The van der Waals surface area contributed by atoms with Crippen molar-refractivity contribution >= 4 is 39.8 Å². The Labute approximate surface area is 598 Å². The van der Waals surface area contributed by atoms with Crippen LogP contribution in [0.2, 0.25) is 0 Å². The molecule has 4 aliphatic rings. The number of para-hydroxylation sites is 2. The summed E-state index contributed by atoms with van der Waals surface area (Å²) in [5, 5.41) is 0. The molecule has 1 atom stereocenters. The molecule has 0 radical (unpaired) electrons. The molecule has 17 rings (SSSR count). The summed E-state index contributed by atoms with van der Waals surface area (Å²) in [5.41, 5.74) is 47.3. The van der Waals surface area contributed by atoms with Crippen LogP contribution in [-0.2, 0) is 34.5 Å². The first kappa shape index (κ1) is 63.7. The van der Waals surface area contributed by atoms with Gasteiger partial charge < -0.3 is 15.5 Å². The number of benzene rings is 13. The Balaban J connectivity index is 1.04. The molecule has 13 aromatic rings.